The lowest BCUT2D eigenvalue weighted by Gasteiger charge is -2.42. The minimum Gasteiger partial charge on any atom is -0.412 e. The van der Waals surface area contributed by atoms with Crippen molar-refractivity contribution in [2.24, 2.45) is 5.92 Å². The summed E-state index contributed by atoms with van der Waals surface area (Å²) in [6.07, 6.45) is -0.206. The zero-order valence-electron chi connectivity index (χ0n) is 14.7. The molecule has 0 N–H and O–H groups in total. The van der Waals surface area contributed by atoms with Gasteiger partial charge in [0, 0.05) is 18.6 Å². The van der Waals surface area contributed by atoms with Crippen molar-refractivity contribution in [3.05, 3.63) is 0 Å². The molecule has 0 aromatic rings. The monoisotopic (exact) mass is 346 g/mol. The molecule has 3 atom stereocenters. The van der Waals surface area contributed by atoms with Crippen LogP contribution in [-0.4, -0.2) is 53.8 Å². The van der Waals surface area contributed by atoms with Gasteiger partial charge in [-0.05, 0) is 18.1 Å². The highest BCUT2D eigenvalue weighted by Crippen LogP contribution is 2.53. The first kappa shape index (κ1) is 18.7. The molecule has 0 aromatic carbocycles. The standard InChI is InChI=1S/C14H28BO5PSi/c1-10-11(20-22(6,7)13(2,3)4)12(15)19-14(10)8-17-21(5,16)18-9-14/h10-12H,8-9H2,1-7H3/t10?,11-,12+,14?,21?/m0/s1. The summed E-state index contributed by atoms with van der Waals surface area (Å²) in [4.78, 5) is 0. The van der Waals surface area contributed by atoms with Crippen LogP contribution in [0.4, 0.5) is 0 Å². The molecular formula is C14H28BO5PSi. The zero-order valence-corrected chi connectivity index (χ0v) is 16.6. The van der Waals surface area contributed by atoms with Gasteiger partial charge in [-0.25, -0.2) is 0 Å². The number of ether oxygens (including phenoxy) is 1. The third kappa shape index (κ3) is 3.40. The van der Waals surface area contributed by atoms with Crippen molar-refractivity contribution in [1.29, 1.82) is 0 Å². The Kier molecular flexibility index (Phi) is 4.85. The maximum Gasteiger partial charge on any atom is 0.327 e. The minimum atomic E-state index is -2.95. The van der Waals surface area contributed by atoms with Crippen LogP contribution in [0.15, 0.2) is 0 Å². The molecular weight excluding hydrogens is 318 g/mol. The first-order chi connectivity index (χ1) is 9.80. The van der Waals surface area contributed by atoms with Crippen LogP contribution < -0.4 is 0 Å². The molecule has 0 saturated carbocycles. The van der Waals surface area contributed by atoms with Crippen molar-refractivity contribution < 1.29 is 22.8 Å². The van der Waals surface area contributed by atoms with Gasteiger partial charge in [-0.15, -0.1) is 0 Å². The fourth-order valence-corrected chi connectivity index (χ4v) is 4.93. The number of hydrogen-bond donors (Lipinski definition) is 0. The molecule has 5 nitrogen and oxygen atoms in total. The first-order valence-corrected chi connectivity index (χ1v) is 12.7. The Bertz CT molecular complexity index is 466. The van der Waals surface area contributed by atoms with Gasteiger partial charge in [0.15, 0.2) is 8.32 Å². The van der Waals surface area contributed by atoms with Crippen LogP contribution in [0, 0.1) is 5.92 Å². The van der Waals surface area contributed by atoms with Crippen molar-refractivity contribution in [3.8, 4) is 0 Å². The molecule has 2 fully saturated rings. The maximum atomic E-state index is 11.8. The summed E-state index contributed by atoms with van der Waals surface area (Å²) in [6, 6.07) is -0.523. The summed E-state index contributed by atoms with van der Waals surface area (Å²) >= 11 is 0. The van der Waals surface area contributed by atoms with Gasteiger partial charge in [0.2, 0.25) is 0 Å². The quantitative estimate of drug-likeness (QED) is 0.568. The van der Waals surface area contributed by atoms with Gasteiger partial charge in [0.25, 0.3) is 0 Å². The maximum absolute atomic E-state index is 11.8. The van der Waals surface area contributed by atoms with E-state index in [4.69, 9.17) is 26.1 Å². The molecule has 2 aliphatic rings. The van der Waals surface area contributed by atoms with Crippen LogP contribution >= 0.6 is 7.60 Å². The SMILES string of the molecule is [B][C@@H]1OC2(COP(C)(=O)OC2)C(C)[C@@H]1O[Si](C)(C)C(C)(C)C. The molecule has 2 rings (SSSR count). The first-order valence-electron chi connectivity index (χ1n) is 7.78. The topological polar surface area (TPSA) is 54.0 Å². The number of rotatable bonds is 2. The lowest BCUT2D eigenvalue weighted by molar-refractivity contribution is -0.112. The molecule has 2 aliphatic heterocycles. The Labute approximate surface area is 136 Å². The summed E-state index contributed by atoms with van der Waals surface area (Å²) in [7, 11) is 1.28. The normalized spacial score (nSPS) is 43.7. The fourth-order valence-electron chi connectivity index (χ4n) is 2.58. The highest BCUT2D eigenvalue weighted by atomic mass is 31.2. The summed E-state index contributed by atoms with van der Waals surface area (Å²) in [5.74, 6) is 0.0110. The van der Waals surface area contributed by atoms with E-state index in [-0.39, 0.29) is 30.3 Å². The highest BCUT2D eigenvalue weighted by Gasteiger charge is 2.56. The molecule has 0 bridgehead atoms. The van der Waals surface area contributed by atoms with E-state index in [1.807, 2.05) is 6.92 Å². The number of hydrogen-bond acceptors (Lipinski definition) is 5. The Hall–Kier alpha value is 0.352. The van der Waals surface area contributed by atoms with Crippen LogP contribution in [0.2, 0.25) is 18.1 Å². The second kappa shape index (κ2) is 5.71. The van der Waals surface area contributed by atoms with Crippen molar-refractivity contribution in [3.63, 3.8) is 0 Å². The van der Waals surface area contributed by atoms with Gasteiger partial charge in [-0.3, -0.25) is 4.57 Å². The van der Waals surface area contributed by atoms with E-state index < -0.39 is 27.5 Å². The predicted molar refractivity (Wildman–Crippen MR) is 90.0 cm³/mol. The third-order valence-electron chi connectivity index (χ3n) is 5.34. The molecule has 2 heterocycles. The van der Waals surface area contributed by atoms with E-state index in [1.54, 1.807) is 0 Å². The molecule has 0 amide bonds. The van der Waals surface area contributed by atoms with E-state index in [2.05, 4.69) is 33.9 Å². The van der Waals surface area contributed by atoms with Gasteiger partial charge in [-0.2, -0.15) is 0 Å². The van der Waals surface area contributed by atoms with Crippen LogP contribution in [0.3, 0.4) is 0 Å². The smallest absolute Gasteiger partial charge is 0.327 e. The van der Waals surface area contributed by atoms with E-state index in [1.165, 1.54) is 6.66 Å². The average molecular weight is 346 g/mol. The van der Waals surface area contributed by atoms with E-state index in [0.717, 1.165) is 0 Å². The molecule has 1 unspecified atom stereocenters. The molecule has 0 aromatic heterocycles. The van der Waals surface area contributed by atoms with Gasteiger partial charge in [-0.1, -0.05) is 27.7 Å². The average Bonchev–Trinajstić information content (AvgIpc) is 2.57. The van der Waals surface area contributed by atoms with Gasteiger partial charge in [0.05, 0.1) is 19.3 Å². The Morgan fingerprint density at radius 1 is 1.27 bits per heavy atom. The van der Waals surface area contributed by atoms with Crippen LogP contribution in [0.25, 0.3) is 0 Å². The van der Waals surface area contributed by atoms with Crippen molar-refractivity contribution in [2.75, 3.05) is 19.9 Å². The molecule has 2 radical (unpaired) electrons. The third-order valence-corrected chi connectivity index (χ3v) is 11.0. The molecule has 126 valence electrons. The van der Waals surface area contributed by atoms with Gasteiger partial charge < -0.3 is 18.2 Å². The Balaban J connectivity index is 2.15. The second-order valence-corrected chi connectivity index (χ2v) is 14.9. The van der Waals surface area contributed by atoms with Crippen LogP contribution in [0.1, 0.15) is 27.7 Å². The lowest BCUT2D eigenvalue weighted by atomic mass is 9.83. The predicted octanol–water partition coefficient (Wildman–Crippen LogP) is 3.15. The van der Waals surface area contributed by atoms with E-state index >= 15 is 0 Å². The Morgan fingerprint density at radius 2 is 1.77 bits per heavy atom. The summed E-state index contributed by atoms with van der Waals surface area (Å²) < 4.78 is 35.0. The molecule has 2 saturated heterocycles. The van der Waals surface area contributed by atoms with Crippen molar-refractivity contribution >= 4 is 23.8 Å². The largest absolute Gasteiger partial charge is 0.412 e. The second-order valence-electron chi connectivity index (χ2n) is 8.10. The van der Waals surface area contributed by atoms with Crippen molar-refractivity contribution in [1.82, 2.24) is 0 Å². The summed E-state index contributed by atoms with van der Waals surface area (Å²) in [5, 5.41) is 0.0981. The molecule has 22 heavy (non-hydrogen) atoms. The lowest BCUT2D eigenvalue weighted by Crippen LogP contribution is -2.50. The molecule has 8 heteroatoms. The summed E-state index contributed by atoms with van der Waals surface area (Å²) in [6.45, 7) is 15.0. The molecule has 1 spiro atoms. The summed E-state index contributed by atoms with van der Waals surface area (Å²) in [5.41, 5.74) is -0.670. The van der Waals surface area contributed by atoms with E-state index in [9.17, 15) is 4.57 Å². The minimum absolute atomic E-state index is 0.0110. The van der Waals surface area contributed by atoms with Crippen LogP contribution in [0.5, 0.6) is 0 Å². The van der Waals surface area contributed by atoms with Crippen molar-refractivity contribution in [2.45, 2.75) is 63.5 Å². The highest BCUT2D eigenvalue weighted by molar-refractivity contribution is 7.53. The fraction of sp³-hybridized carbons (Fsp3) is 1.00. The Morgan fingerprint density at radius 3 is 2.23 bits per heavy atom. The van der Waals surface area contributed by atoms with E-state index in [0.29, 0.717) is 0 Å². The van der Waals surface area contributed by atoms with Gasteiger partial charge >= 0.3 is 7.60 Å². The van der Waals surface area contributed by atoms with Crippen LogP contribution in [-0.2, 0) is 22.8 Å². The molecule has 0 aliphatic carbocycles. The zero-order chi connectivity index (χ0) is 17.0. The van der Waals surface area contributed by atoms with Gasteiger partial charge in [0.1, 0.15) is 13.4 Å².